The summed E-state index contributed by atoms with van der Waals surface area (Å²) in [4.78, 5) is 27.3. The number of halogens is 1. The number of aromatic nitrogens is 2. The van der Waals surface area contributed by atoms with Gasteiger partial charge in [-0.1, -0.05) is 11.2 Å². The molecule has 2 N–H and O–H groups in total. The Kier molecular flexibility index (Phi) is 7.17. The summed E-state index contributed by atoms with van der Waals surface area (Å²) in [6.45, 7) is 1.97. The summed E-state index contributed by atoms with van der Waals surface area (Å²) in [5, 5.41) is 10.5. The molecule has 33 heavy (non-hydrogen) atoms. The second-order valence-corrected chi connectivity index (χ2v) is 8.62. The molecule has 1 aliphatic heterocycles. The molecule has 1 unspecified atom stereocenters. The molecule has 0 radical (unpaired) electrons. The largest absolute Gasteiger partial charge is 0.494 e. The Morgan fingerprint density at radius 1 is 1.21 bits per heavy atom. The van der Waals surface area contributed by atoms with Crippen LogP contribution in [0, 0.1) is 18.7 Å². The molecule has 2 heterocycles. The van der Waals surface area contributed by atoms with E-state index in [9.17, 15) is 9.18 Å². The fourth-order valence-electron chi connectivity index (χ4n) is 4.50. The van der Waals surface area contributed by atoms with E-state index >= 15 is 0 Å². The van der Waals surface area contributed by atoms with Crippen molar-refractivity contribution < 1.29 is 18.8 Å². The highest BCUT2D eigenvalue weighted by Crippen LogP contribution is 2.33. The highest BCUT2D eigenvalue weighted by atomic mass is 19.1. The first-order valence-electron chi connectivity index (χ1n) is 11.3. The van der Waals surface area contributed by atoms with E-state index in [-0.39, 0.29) is 30.0 Å². The Bertz CT molecular complexity index is 1040. The van der Waals surface area contributed by atoms with Gasteiger partial charge in [-0.3, -0.25) is 4.79 Å². The van der Waals surface area contributed by atoms with Crippen LogP contribution in [0.5, 0.6) is 5.75 Å². The Hall–Kier alpha value is -3.07. The van der Waals surface area contributed by atoms with Crippen LogP contribution in [0.4, 0.5) is 4.39 Å². The predicted molar refractivity (Wildman–Crippen MR) is 122 cm³/mol. The van der Waals surface area contributed by atoms with Gasteiger partial charge >= 0.3 is 0 Å². The first-order chi connectivity index (χ1) is 16.0. The molecule has 8 nitrogen and oxygen atoms in total. The van der Waals surface area contributed by atoms with E-state index in [0.29, 0.717) is 29.9 Å². The van der Waals surface area contributed by atoms with E-state index < -0.39 is 5.82 Å². The molecular weight excluding hydrogens is 425 g/mol. The van der Waals surface area contributed by atoms with E-state index in [0.717, 1.165) is 37.0 Å². The van der Waals surface area contributed by atoms with E-state index in [1.807, 2.05) is 7.05 Å². The van der Waals surface area contributed by atoms with Crippen molar-refractivity contribution in [2.45, 2.75) is 57.7 Å². The average molecular weight is 456 g/mol. The van der Waals surface area contributed by atoms with Crippen molar-refractivity contribution >= 4 is 11.6 Å². The lowest BCUT2D eigenvalue weighted by molar-refractivity contribution is 0.0237. The summed E-state index contributed by atoms with van der Waals surface area (Å²) < 4.78 is 18.6. The second-order valence-electron chi connectivity index (χ2n) is 8.62. The number of methoxy groups -OCH3 is 1. The third-order valence-corrected chi connectivity index (χ3v) is 6.43. The van der Waals surface area contributed by atoms with Crippen molar-refractivity contribution in [3.63, 3.8) is 0 Å². The highest BCUT2D eigenvalue weighted by molar-refractivity contribution is 6.01. The molecule has 1 amide bonds. The summed E-state index contributed by atoms with van der Waals surface area (Å²) in [5.41, 5.74) is 2.34. The van der Waals surface area contributed by atoms with Gasteiger partial charge in [-0.15, -0.1) is 0 Å². The monoisotopic (exact) mass is 455 g/mol. The fourth-order valence-corrected chi connectivity index (χ4v) is 4.50. The van der Waals surface area contributed by atoms with E-state index in [4.69, 9.17) is 9.57 Å². The molecule has 9 heteroatoms. The van der Waals surface area contributed by atoms with Gasteiger partial charge in [0, 0.05) is 19.0 Å². The third-order valence-electron chi connectivity index (χ3n) is 6.43. The molecule has 1 fully saturated rings. The maximum Gasteiger partial charge on any atom is 0.270 e. The number of nitrogens with zero attached hydrogens (tertiary/aromatic N) is 3. The normalized spacial score (nSPS) is 22.4. The van der Waals surface area contributed by atoms with Gasteiger partial charge in [0.1, 0.15) is 23.3 Å². The van der Waals surface area contributed by atoms with Gasteiger partial charge in [0.25, 0.3) is 5.91 Å². The van der Waals surface area contributed by atoms with Gasteiger partial charge in [0.15, 0.2) is 11.6 Å². The van der Waals surface area contributed by atoms with E-state index in [1.54, 1.807) is 25.1 Å². The minimum Gasteiger partial charge on any atom is -0.494 e. The zero-order valence-corrected chi connectivity index (χ0v) is 19.2. The predicted octanol–water partition coefficient (Wildman–Crippen LogP) is 3.13. The minimum absolute atomic E-state index is 0.0545. The van der Waals surface area contributed by atoms with E-state index in [2.05, 4.69) is 25.8 Å². The van der Waals surface area contributed by atoms with Gasteiger partial charge in [-0.05, 0) is 69.3 Å². The molecular formula is C24H30FN5O3. The number of oxime groups is 1. The van der Waals surface area contributed by atoms with Gasteiger partial charge in [0.2, 0.25) is 0 Å². The first kappa shape index (κ1) is 23.1. The zero-order chi connectivity index (χ0) is 23.4. The minimum atomic E-state index is -0.448. The molecule has 0 saturated heterocycles. The second kappa shape index (κ2) is 10.2. The number of amides is 1. The number of nitrogens with one attached hydrogen (secondary N) is 2. The number of benzene rings is 1. The van der Waals surface area contributed by atoms with E-state index in [1.165, 1.54) is 13.2 Å². The maximum absolute atomic E-state index is 13.6. The van der Waals surface area contributed by atoms with Crippen molar-refractivity contribution in [3.05, 3.63) is 52.9 Å². The van der Waals surface area contributed by atoms with Crippen LogP contribution in [0.2, 0.25) is 0 Å². The van der Waals surface area contributed by atoms with Gasteiger partial charge in [0.05, 0.1) is 12.8 Å². The molecule has 1 aliphatic carbocycles. The summed E-state index contributed by atoms with van der Waals surface area (Å²) in [6.07, 6.45) is 5.26. The quantitative estimate of drug-likeness (QED) is 0.666. The molecule has 2 aromatic rings. The molecule has 1 aromatic heterocycles. The zero-order valence-electron chi connectivity index (χ0n) is 19.2. The van der Waals surface area contributed by atoms with Gasteiger partial charge < -0.3 is 20.2 Å². The summed E-state index contributed by atoms with van der Waals surface area (Å²) in [5.74, 6) is 0.314. The van der Waals surface area contributed by atoms with Gasteiger partial charge in [-0.25, -0.2) is 14.4 Å². The standard InChI is InChI=1S/C24H30FN5O3/c1-14-28-19(20-12-22(33-30-20)16-5-7-17(26-2)8-6-16)11-21(29-14)24(31)27-13-15-4-9-18(25)23(10-15)32-3/h4,9-11,16-17,22,26H,5-8,12-13H2,1-3H3,(H,27,31). The summed E-state index contributed by atoms with van der Waals surface area (Å²) in [7, 11) is 3.42. The molecule has 1 saturated carbocycles. The van der Waals surface area contributed by atoms with Crippen molar-refractivity contribution in [2.75, 3.05) is 14.2 Å². The molecule has 2 aliphatic rings. The number of carbonyl (C=O) groups excluding carboxylic acids is 1. The lowest BCUT2D eigenvalue weighted by Gasteiger charge is -2.30. The van der Waals surface area contributed by atoms with Crippen LogP contribution < -0.4 is 15.4 Å². The molecule has 1 atom stereocenters. The van der Waals surface area contributed by atoms with Crippen molar-refractivity contribution in [2.24, 2.45) is 11.1 Å². The van der Waals surface area contributed by atoms with Crippen LogP contribution in [-0.4, -0.2) is 47.9 Å². The number of aryl methyl sites for hydroxylation is 1. The number of hydrogen-bond donors (Lipinski definition) is 2. The van der Waals surface area contributed by atoms with Crippen LogP contribution >= 0.6 is 0 Å². The molecule has 4 rings (SSSR count). The highest BCUT2D eigenvalue weighted by Gasteiger charge is 2.33. The average Bonchev–Trinajstić information content (AvgIpc) is 3.33. The van der Waals surface area contributed by atoms with Crippen LogP contribution in [0.1, 0.15) is 59.7 Å². The lowest BCUT2D eigenvalue weighted by Crippen LogP contribution is -2.34. The Morgan fingerprint density at radius 2 is 2.00 bits per heavy atom. The number of carbonyl (C=O) groups is 1. The SMILES string of the molecule is CNC1CCC(C2CC(c3cc(C(=O)NCc4ccc(F)c(OC)c4)nc(C)n3)=NO2)CC1. The van der Waals surface area contributed by atoms with Crippen LogP contribution in [-0.2, 0) is 11.4 Å². The van der Waals surface area contributed by atoms with Crippen molar-refractivity contribution in [3.8, 4) is 5.75 Å². The topological polar surface area (TPSA) is 97.7 Å². The summed E-state index contributed by atoms with van der Waals surface area (Å²) in [6, 6.07) is 6.71. The van der Waals surface area contributed by atoms with Crippen molar-refractivity contribution in [1.82, 2.24) is 20.6 Å². The van der Waals surface area contributed by atoms with Crippen molar-refractivity contribution in [1.29, 1.82) is 0 Å². The van der Waals surface area contributed by atoms with Crippen LogP contribution in [0.3, 0.4) is 0 Å². The smallest absolute Gasteiger partial charge is 0.270 e. The maximum atomic E-state index is 13.6. The molecule has 1 aromatic carbocycles. The van der Waals surface area contributed by atoms with Gasteiger partial charge in [-0.2, -0.15) is 0 Å². The Balaban J connectivity index is 1.39. The summed E-state index contributed by atoms with van der Waals surface area (Å²) >= 11 is 0. The lowest BCUT2D eigenvalue weighted by atomic mass is 9.81. The van der Waals surface area contributed by atoms with Crippen LogP contribution in [0.15, 0.2) is 29.4 Å². The number of rotatable bonds is 7. The van der Waals surface area contributed by atoms with Crippen LogP contribution in [0.25, 0.3) is 0 Å². The Labute approximate surface area is 193 Å². The number of hydrogen-bond acceptors (Lipinski definition) is 7. The fraction of sp³-hybridized carbons (Fsp3) is 0.500. The third kappa shape index (κ3) is 5.47. The molecule has 176 valence electrons. The molecule has 0 bridgehead atoms. The molecule has 0 spiro atoms. The first-order valence-corrected chi connectivity index (χ1v) is 11.3. The number of ether oxygens (including phenoxy) is 1. The Morgan fingerprint density at radius 3 is 2.73 bits per heavy atom.